The van der Waals surface area contributed by atoms with Crippen LogP contribution in [0.15, 0.2) is 58.3 Å². The van der Waals surface area contributed by atoms with Crippen LogP contribution in [0.4, 0.5) is 0 Å². The standard InChI is InChI=1S/C20H28O3S/c1-19(2,3)15-7-11-17(12-8-15)24(21,22,23)18-13-9-16(10-14-18)20(4,5)6/h7-14H,1-6H3,(H2,21,22,23). The molecule has 2 N–H and O–H groups in total. The summed E-state index contributed by atoms with van der Waals surface area (Å²) < 4.78 is 34.3. The molecule has 0 aliphatic rings. The Morgan fingerprint density at radius 2 is 0.875 bits per heavy atom. The lowest BCUT2D eigenvalue weighted by molar-refractivity contribution is 0.389. The highest BCUT2D eigenvalue weighted by atomic mass is 32.3. The third-order valence-corrected chi connectivity index (χ3v) is 6.53. The molecule has 4 heteroatoms. The van der Waals surface area contributed by atoms with Gasteiger partial charge in [-0.3, -0.25) is 0 Å². The minimum atomic E-state index is -5.07. The number of rotatable bonds is 2. The molecule has 24 heavy (non-hydrogen) atoms. The van der Waals surface area contributed by atoms with Gasteiger partial charge >= 0.3 is 0 Å². The van der Waals surface area contributed by atoms with Gasteiger partial charge in [-0.2, -0.15) is 0 Å². The smallest absolute Gasteiger partial charge is 0.135 e. The maximum Gasteiger partial charge on any atom is 0.135 e. The van der Waals surface area contributed by atoms with E-state index in [4.69, 9.17) is 0 Å². The van der Waals surface area contributed by atoms with Gasteiger partial charge in [-0.15, -0.1) is 0 Å². The molecule has 0 saturated carbocycles. The fourth-order valence-corrected chi connectivity index (χ4v) is 4.06. The second kappa shape index (κ2) is 5.51. The van der Waals surface area contributed by atoms with Crippen molar-refractivity contribution in [2.24, 2.45) is 0 Å². The van der Waals surface area contributed by atoms with E-state index in [-0.39, 0.29) is 20.6 Å². The molecule has 0 unspecified atom stereocenters. The fourth-order valence-electron chi connectivity index (χ4n) is 2.54. The van der Waals surface area contributed by atoms with Crippen molar-refractivity contribution >= 4 is 9.63 Å². The molecule has 0 aromatic heterocycles. The maximum atomic E-state index is 13.0. The normalized spacial score (nSPS) is 14.9. The predicted octanol–water partition coefficient (Wildman–Crippen LogP) is 5.47. The predicted molar refractivity (Wildman–Crippen MR) is 100 cm³/mol. The molecule has 0 heterocycles. The van der Waals surface area contributed by atoms with Gasteiger partial charge in [0.1, 0.15) is 9.63 Å². The highest BCUT2D eigenvalue weighted by Gasteiger charge is 2.35. The van der Waals surface area contributed by atoms with Gasteiger partial charge in [0.15, 0.2) is 0 Å². The maximum absolute atomic E-state index is 13.0. The molecule has 0 bridgehead atoms. The van der Waals surface area contributed by atoms with Gasteiger partial charge in [-0.1, -0.05) is 65.8 Å². The zero-order valence-electron chi connectivity index (χ0n) is 15.3. The summed E-state index contributed by atoms with van der Waals surface area (Å²) in [5.74, 6) is 0. The van der Waals surface area contributed by atoms with Crippen LogP contribution in [0.25, 0.3) is 0 Å². The summed E-state index contributed by atoms with van der Waals surface area (Å²) in [7, 11) is -5.07. The van der Waals surface area contributed by atoms with E-state index in [1.807, 2.05) is 0 Å². The number of hydrogen-bond acceptors (Lipinski definition) is 1. The molecule has 0 radical (unpaired) electrons. The molecule has 3 nitrogen and oxygen atoms in total. The van der Waals surface area contributed by atoms with E-state index < -0.39 is 9.63 Å². The fraction of sp³-hybridized carbons (Fsp3) is 0.400. The summed E-state index contributed by atoms with van der Waals surface area (Å²) in [5, 5.41) is 0. The van der Waals surface area contributed by atoms with Gasteiger partial charge in [0.2, 0.25) is 0 Å². The first-order valence-corrected chi connectivity index (χ1v) is 9.96. The molecule has 2 aromatic carbocycles. The second-order valence-corrected chi connectivity index (χ2v) is 11.1. The van der Waals surface area contributed by atoms with Crippen LogP contribution < -0.4 is 0 Å². The molecule has 0 spiro atoms. The third-order valence-electron chi connectivity index (χ3n) is 4.29. The molecule has 0 amide bonds. The summed E-state index contributed by atoms with van der Waals surface area (Å²) >= 11 is 0. The molecule has 2 rings (SSSR count). The first kappa shape index (κ1) is 18.8. The SMILES string of the molecule is CC(C)(C)c1ccc(S(=O)(O)(O)c2ccc(C(C)(C)C)cc2)cc1. The first-order chi connectivity index (χ1) is 10.7. The van der Waals surface area contributed by atoms with E-state index in [2.05, 4.69) is 41.5 Å². The van der Waals surface area contributed by atoms with E-state index in [1.54, 1.807) is 24.3 Å². The monoisotopic (exact) mass is 348 g/mol. The Hall–Kier alpha value is -1.49. The van der Waals surface area contributed by atoms with Crippen molar-refractivity contribution in [2.45, 2.75) is 62.2 Å². The Labute approximate surface area is 145 Å². The van der Waals surface area contributed by atoms with E-state index >= 15 is 0 Å². The lowest BCUT2D eigenvalue weighted by Crippen LogP contribution is -2.32. The summed E-state index contributed by atoms with van der Waals surface area (Å²) in [6.45, 7) is 12.4. The largest absolute Gasteiger partial charge is 0.301 e. The quantitative estimate of drug-likeness (QED) is 0.757. The van der Waals surface area contributed by atoms with Crippen LogP contribution in [-0.2, 0) is 20.5 Å². The van der Waals surface area contributed by atoms with Gasteiger partial charge in [0.05, 0.1) is 9.79 Å². The zero-order chi connectivity index (χ0) is 18.4. The van der Waals surface area contributed by atoms with Crippen LogP contribution in [-0.4, -0.2) is 13.3 Å². The Balaban J connectivity index is 2.48. The topological polar surface area (TPSA) is 57.5 Å². The van der Waals surface area contributed by atoms with Crippen LogP contribution in [0.2, 0.25) is 0 Å². The van der Waals surface area contributed by atoms with Crippen LogP contribution in [0.1, 0.15) is 52.7 Å². The zero-order valence-corrected chi connectivity index (χ0v) is 16.1. The van der Waals surface area contributed by atoms with Gasteiger partial charge in [-0.05, 0) is 46.2 Å². The molecule has 2 aromatic rings. The van der Waals surface area contributed by atoms with Crippen molar-refractivity contribution < 1.29 is 13.3 Å². The van der Waals surface area contributed by atoms with Gasteiger partial charge in [0.25, 0.3) is 0 Å². The van der Waals surface area contributed by atoms with Crippen LogP contribution in [0.5, 0.6) is 0 Å². The molecular weight excluding hydrogens is 320 g/mol. The molecular formula is C20H28O3S. The Morgan fingerprint density at radius 3 is 1.08 bits per heavy atom. The molecule has 0 aliphatic carbocycles. The minimum Gasteiger partial charge on any atom is -0.301 e. The third kappa shape index (κ3) is 3.61. The Bertz CT molecular complexity index is 719. The minimum absolute atomic E-state index is 0.0171. The van der Waals surface area contributed by atoms with Crippen molar-refractivity contribution in [1.82, 2.24) is 0 Å². The molecule has 132 valence electrons. The van der Waals surface area contributed by atoms with Crippen molar-refractivity contribution in [1.29, 1.82) is 0 Å². The highest BCUT2D eigenvalue weighted by Crippen LogP contribution is 2.39. The summed E-state index contributed by atoms with van der Waals surface area (Å²) in [5.41, 5.74) is 1.96. The van der Waals surface area contributed by atoms with Crippen LogP contribution in [0, 0.1) is 0 Å². The molecule has 0 saturated heterocycles. The lowest BCUT2D eigenvalue weighted by Gasteiger charge is -2.32. The van der Waals surface area contributed by atoms with Crippen molar-refractivity contribution in [3.8, 4) is 0 Å². The van der Waals surface area contributed by atoms with Crippen LogP contribution in [0.3, 0.4) is 0 Å². The van der Waals surface area contributed by atoms with Gasteiger partial charge in [-0.25, -0.2) is 4.21 Å². The van der Waals surface area contributed by atoms with E-state index in [0.717, 1.165) is 11.1 Å². The molecule has 0 fully saturated rings. The average Bonchev–Trinajstić information content (AvgIpc) is 2.45. The summed E-state index contributed by atoms with van der Waals surface area (Å²) in [6.07, 6.45) is 0. The second-order valence-electron chi connectivity index (χ2n) is 8.41. The van der Waals surface area contributed by atoms with Crippen molar-refractivity contribution in [3.63, 3.8) is 0 Å². The van der Waals surface area contributed by atoms with Crippen molar-refractivity contribution in [3.05, 3.63) is 59.7 Å². The highest BCUT2D eigenvalue weighted by molar-refractivity contribution is 8.10. The number of hydrogen-bond donors (Lipinski definition) is 2. The Kier molecular flexibility index (Phi) is 4.33. The number of benzene rings is 2. The van der Waals surface area contributed by atoms with E-state index in [9.17, 15) is 13.3 Å². The average molecular weight is 349 g/mol. The van der Waals surface area contributed by atoms with Crippen molar-refractivity contribution in [2.75, 3.05) is 0 Å². The lowest BCUT2D eigenvalue weighted by atomic mass is 9.87. The van der Waals surface area contributed by atoms with E-state index in [1.165, 1.54) is 24.3 Å². The molecule has 0 atom stereocenters. The van der Waals surface area contributed by atoms with Crippen LogP contribution >= 0.6 is 0 Å². The van der Waals surface area contributed by atoms with Gasteiger partial charge in [0, 0.05) is 0 Å². The van der Waals surface area contributed by atoms with Gasteiger partial charge < -0.3 is 9.11 Å². The summed E-state index contributed by atoms with van der Waals surface area (Å²) in [6, 6.07) is 13.3. The first-order valence-electron chi connectivity index (χ1n) is 8.08. The Morgan fingerprint density at radius 1 is 0.625 bits per heavy atom. The molecule has 0 aliphatic heterocycles. The summed E-state index contributed by atoms with van der Waals surface area (Å²) in [4.78, 5) is 0.0343. The van der Waals surface area contributed by atoms with E-state index in [0.29, 0.717) is 0 Å².